The SMILES string of the molecule is Cc1ccc(C)c(-n2nnnc2-c2c(C)cccc2N)c1. The normalized spacial score (nSPS) is 10.8. The van der Waals surface area contributed by atoms with Crippen LogP contribution in [0.1, 0.15) is 16.7 Å². The lowest BCUT2D eigenvalue weighted by molar-refractivity contribution is 0.787. The van der Waals surface area contributed by atoms with Crippen molar-refractivity contribution in [2.45, 2.75) is 20.8 Å². The van der Waals surface area contributed by atoms with E-state index in [9.17, 15) is 0 Å². The average Bonchev–Trinajstić information content (AvgIpc) is 2.90. The quantitative estimate of drug-likeness (QED) is 0.732. The lowest BCUT2D eigenvalue weighted by atomic mass is 10.1. The molecule has 0 fully saturated rings. The highest BCUT2D eigenvalue weighted by Crippen LogP contribution is 2.29. The Morgan fingerprint density at radius 1 is 1.00 bits per heavy atom. The van der Waals surface area contributed by atoms with Crippen LogP contribution in [0.4, 0.5) is 5.69 Å². The van der Waals surface area contributed by atoms with Gasteiger partial charge < -0.3 is 5.73 Å². The number of nitrogens with two attached hydrogens (primary N) is 1. The summed E-state index contributed by atoms with van der Waals surface area (Å²) < 4.78 is 1.75. The van der Waals surface area contributed by atoms with Crippen LogP contribution in [0.3, 0.4) is 0 Å². The van der Waals surface area contributed by atoms with Gasteiger partial charge in [0, 0.05) is 11.3 Å². The standard InChI is InChI=1S/C16H17N5/c1-10-7-8-11(2)14(9-10)21-16(18-19-20-21)15-12(3)5-4-6-13(15)17/h4-9H,17H2,1-3H3. The van der Waals surface area contributed by atoms with E-state index in [4.69, 9.17) is 5.73 Å². The van der Waals surface area contributed by atoms with Gasteiger partial charge in [-0.3, -0.25) is 0 Å². The van der Waals surface area contributed by atoms with Gasteiger partial charge in [-0.05, 0) is 60.0 Å². The monoisotopic (exact) mass is 279 g/mol. The summed E-state index contributed by atoms with van der Waals surface area (Å²) in [6, 6.07) is 12.0. The molecule has 0 amide bonds. The van der Waals surface area contributed by atoms with Crippen LogP contribution < -0.4 is 5.73 Å². The minimum atomic E-state index is 0.666. The van der Waals surface area contributed by atoms with E-state index in [1.165, 1.54) is 0 Å². The van der Waals surface area contributed by atoms with E-state index in [1.54, 1.807) is 4.68 Å². The minimum Gasteiger partial charge on any atom is -0.398 e. The molecule has 0 bridgehead atoms. The Morgan fingerprint density at radius 2 is 1.81 bits per heavy atom. The van der Waals surface area contributed by atoms with Crippen LogP contribution in [0.5, 0.6) is 0 Å². The van der Waals surface area contributed by atoms with Gasteiger partial charge in [-0.15, -0.1) is 5.10 Å². The average molecular weight is 279 g/mol. The molecule has 0 saturated heterocycles. The number of benzene rings is 2. The number of hydrogen-bond donors (Lipinski definition) is 1. The molecule has 2 N–H and O–H groups in total. The van der Waals surface area contributed by atoms with E-state index in [0.29, 0.717) is 11.5 Å². The molecule has 1 heterocycles. The highest BCUT2D eigenvalue weighted by atomic mass is 15.5. The van der Waals surface area contributed by atoms with Gasteiger partial charge in [0.2, 0.25) is 0 Å². The molecule has 21 heavy (non-hydrogen) atoms. The Balaban J connectivity index is 2.25. The van der Waals surface area contributed by atoms with Gasteiger partial charge in [0.15, 0.2) is 5.82 Å². The van der Waals surface area contributed by atoms with E-state index in [2.05, 4.69) is 40.6 Å². The van der Waals surface area contributed by atoms with Crippen molar-refractivity contribution in [1.82, 2.24) is 20.2 Å². The maximum absolute atomic E-state index is 6.12. The second kappa shape index (κ2) is 5.01. The predicted molar refractivity (Wildman–Crippen MR) is 83.2 cm³/mol. The highest BCUT2D eigenvalue weighted by molar-refractivity contribution is 5.75. The summed E-state index contributed by atoms with van der Waals surface area (Å²) in [5, 5.41) is 12.2. The maximum Gasteiger partial charge on any atom is 0.189 e. The lowest BCUT2D eigenvalue weighted by Crippen LogP contribution is -2.05. The molecule has 5 nitrogen and oxygen atoms in total. The lowest BCUT2D eigenvalue weighted by Gasteiger charge is -2.11. The molecular weight excluding hydrogens is 262 g/mol. The minimum absolute atomic E-state index is 0.666. The van der Waals surface area contributed by atoms with Gasteiger partial charge in [-0.2, -0.15) is 4.68 Å². The van der Waals surface area contributed by atoms with Gasteiger partial charge in [-0.25, -0.2) is 0 Å². The molecule has 0 aliphatic heterocycles. The number of aromatic nitrogens is 4. The van der Waals surface area contributed by atoms with Crippen LogP contribution in [0.15, 0.2) is 36.4 Å². The van der Waals surface area contributed by atoms with Crippen LogP contribution in [0, 0.1) is 20.8 Å². The van der Waals surface area contributed by atoms with Crippen molar-refractivity contribution < 1.29 is 0 Å². The van der Waals surface area contributed by atoms with Crippen molar-refractivity contribution in [1.29, 1.82) is 0 Å². The van der Waals surface area contributed by atoms with Crippen LogP contribution in [-0.4, -0.2) is 20.2 Å². The molecule has 0 atom stereocenters. The van der Waals surface area contributed by atoms with Crippen molar-refractivity contribution in [2.75, 3.05) is 5.73 Å². The summed E-state index contributed by atoms with van der Waals surface area (Å²) in [6.45, 7) is 6.10. The molecule has 0 unspecified atom stereocenters. The third kappa shape index (κ3) is 2.27. The molecule has 0 aliphatic rings. The number of rotatable bonds is 2. The van der Waals surface area contributed by atoms with E-state index in [0.717, 1.165) is 27.9 Å². The Morgan fingerprint density at radius 3 is 2.57 bits per heavy atom. The van der Waals surface area contributed by atoms with Gasteiger partial charge in [0.05, 0.1) is 5.69 Å². The molecule has 2 aromatic carbocycles. The maximum atomic E-state index is 6.12. The third-order valence-corrected chi connectivity index (χ3v) is 3.59. The van der Waals surface area contributed by atoms with Gasteiger partial charge in [0.1, 0.15) is 0 Å². The number of nitrogens with zero attached hydrogens (tertiary/aromatic N) is 4. The molecule has 0 spiro atoms. The van der Waals surface area contributed by atoms with E-state index in [-0.39, 0.29) is 0 Å². The highest BCUT2D eigenvalue weighted by Gasteiger charge is 2.16. The number of anilines is 1. The van der Waals surface area contributed by atoms with Crippen molar-refractivity contribution in [3.05, 3.63) is 53.1 Å². The fourth-order valence-electron chi connectivity index (χ4n) is 2.45. The Kier molecular flexibility index (Phi) is 3.17. The number of aryl methyl sites for hydroxylation is 3. The predicted octanol–water partition coefficient (Wildman–Crippen LogP) is 2.84. The zero-order valence-electron chi connectivity index (χ0n) is 12.3. The molecule has 0 aliphatic carbocycles. The Labute approximate surface area is 123 Å². The Bertz CT molecular complexity index is 784. The molecular formula is C16H17N5. The summed E-state index contributed by atoms with van der Waals surface area (Å²) in [4.78, 5) is 0. The third-order valence-electron chi connectivity index (χ3n) is 3.59. The molecule has 1 aromatic heterocycles. The van der Waals surface area contributed by atoms with Gasteiger partial charge >= 0.3 is 0 Å². The molecule has 0 saturated carbocycles. The fraction of sp³-hybridized carbons (Fsp3) is 0.188. The molecule has 3 rings (SSSR count). The fourth-order valence-corrected chi connectivity index (χ4v) is 2.45. The van der Waals surface area contributed by atoms with Crippen LogP contribution in [0.2, 0.25) is 0 Å². The summed E-state index contributed by atoms with van der Waals surface area (Å²) in [5.74, 6) is 0.666. The molecule has 106 valence electrons. The number of hydrogen-bond acceptors (Lipinski definition) is 4. The second-order valence-electron chi connectivity index (χ2n) is 5.24. The van der Waals surface area contributed by atoms with Gasteiger partial charge in [0.25, 0.3) is 0 Å². The summed E-state index contributed by atoms with van der Waals surface area (Å²) in [7, 11) is 0. The van der Waals surface area contributed by atoms with E-state index in [1.807, 2.05) is 32.0 Å². The van der Waals surface area contributed by atoms with Gasteiger partial charge in [-0.1, -0.05) is 24.3 Å². The van der Waals surface area contributed by atoms with Crippen molar-refractivity contribution in [3.8, 4) is 17.1 Å². The molecule has 0 radical (unpaired) electrons. The first-order valence-electron chi connectivity index (χ1n) is 6.79. The van der Waals surface area contributed by atoms with Crippen LogP contribution in [-0.2, 0) is 0 Å². The first-order valence-corrected chi connectivity index (χ1v) is 6.79. The zero-order valence-corrected chi connectivity index (χ0v) is 12.3. The largest absolute Gasteiger partial charge is 0.398 e. The summed E-state index contributed by atoms with van der Waals surface area (Å²) >= 11 is 0. The van der Waals surface area contributed by atoms with Crippen LogP contribution >= 0.6 is 0 Å². The molecule has 5 heteroatoms. The summed E-state index contributed by atoms with van der Waals surface area (Å²) in [5.41, 5.74) is 12.0. The van der Waals surface area contributed by atoms with E-state index >= 15 is 0 Å². The van der Waals surface area contributed by atoms with E-state index < -0.39 is 0 Å². The van der Waals surface area contributed by atoms with Crippen LogP contribution in [0.25, 0.3) is 17.1 Å². The van der Waals surface area contributed by atoms with Crippen molar-refractivity contribution in [2.24, 2.45) is 0 Å². The topological polar surface area (TPSA) is 69.6 Å². The smallest absolute Gasteiger partial charge is 0.189 e. The second-order valence-corrected chi connectivity index (χ2v) is 5.24. The Hall–Kier alpha value is -2.69. The number of tetrazole rings is 1. The molecule has 3 aromatic rings. The van der Waals surface area contributed by atoms with Crippen molar-refractivity contribution in [3.63, 3.8) is 0 Å². The number of nitrogen functional groups attached to an aromatic ring is 1. The first kappa shape index (κ1) is 13.3. The van der Waals surface area contributed by atoms with Crippen molar-refractivity contribution >= 4 is 5.69 Å². The summed E-state index contributed by atoms with van der Waals surface area (Å²) in [6.07, 6.45) is 0. The zero-order chi connectivity index (χ0) is 15.0. The first-order chi connectivity index (χ1) is 10.1.